The highest BCUT2D eigenvalue weighted by molar-refractivity contribution is 7.41. The Kier molecular flexibility index (Phi) is 7.68. The molecule has 0 N–H and O–H groups in total. The average Bonchev–Trinajstić information content (AvgIpc) is 2.74. The van der Waals surface area contributed by atoms with Crippen molar-refractivity contribution < 1.29 is 23.0 Å². The van der Waals surface area contributed by atoms with E-state index in [1.807, 2.05) is 13.0 Å². The number of hydrogen-bond acceptors (Lipinski definition) is 6. The molecule has 4 atom stereocenters. The standard InChI is InChI=1S/C11H20NO5P/c1-9-7-10(13-2)11(17-9)8-16-18(14-3)15-6-4-5-12/h9-11H,4,6-8H2,1-3H3/t9-,10-,11+,18?/m0/s1. The quantitative estimate of drug-likeness (QED) is 0.499. The molecule has 0 aromatic heterocycles. The van der Waals surface area contributed by atoms with Gasteiger partial charge in [0.15, 0.2) is 0 Å². The van der Waals surface area contributed by atoms with Crippen LogP contribution in [0.2, 0.25) is 0 Å². The van der Waals surface area contributed by atoms with Gasteiger partial charge in [-0.05, 0) is 6.92 Å². The number of rotatable bonds is 8. The van der Waals surface area contributed by atoms with Gasteiger partial charge in [-0.2, -0.15) is 5.26 Å². The van der Waals surface area contributed by atoms with Crippen LogP contribution in [0.4, 0.5) is 0 Å². The van der Waals surface area contributed by atoms with Gasteiger partial charge in [-0.1, -0.05) is 0 Å². The first-order chi connectivity index (χ1) is 8.71. The second kappa shape index (κ2) is 8.76. The summed E-state index contributed by atoms with van der Waals surface area (Å²) in [5, 5.41) is 8.41. The van der Waals surface area contributed by atoms with Crippen LogP contribution in [0.3, 0.4) is 0 Å². The Hall–Kier alpha value is -0.280. The summed E-state index contributed by atoms with van der Waals surface area (Å²) in [4.78, 5) is 0. The minimum Gasteiger partial charge on any atom is -0.379 e. The van der Waals surface area contributed by atoms with Gasteiger partial charge in [0.2, 0.25) is 0 Å². The van der Waals surface area contributed by atoms with Crippen molar-refractivity contribution in [3.63, 3.8) is 0 Å². The Balaban J connectivity index is 2.27. The van der Waals surface area contributed by atoms with E-state index in [0.717, 1.165) is 6.42 Å². The van der Waals surface area contributed by atoms with Crippen LogP contribution < -0.4 is 0 Å². The number of hydrogen-bond donors (Lipinski definition) is 0. The first-order valence-corrected chi connectivity index (χ1v) is 6.96. The Bertz CT molecular complexity index is 273. The molecule has 7 heteroatoms. The molecule has 1 unspecified atom stereocenters. The first kappa shape index (κ1) is 15.8. The molecule has 0 aromatic carbocycles. The lowest BCUT2D eigenvalue weighted by molar-refractivity contribution is -0.0283. The van der Waals surface area contributed by atoms with Crippen molar-refractivity contribution in [2.24, 2.45) is 0 Å². The largest absolute Gasteiger partial charge is 0.379 e. The van der Waals surface area contributed by atoms with Gasteiger partial charge in [0.25, 0.3) is 0 Å². The van der Waals surface area contributed by atoms with E-state index in [0.29, 0.717) is 19.6 Å². The summed E-state index contributed by atoms with van der Waals surface area (Å²) in [6, 6.07) is 2.00. The first-order valence-electron chi connectivity index (χ1n) is 5.86. The van der Waals surface area contributed by atoms with Crippen molar-refractivity contribution in [2.75, 3.05) is 27.4 Å². The lowest BCUT2D eigenvalue weighted by Gasteiger charge is -2.20. The fraction of sp³-hybridized carbons (Fsp3) is 0.909. The predicted molar refractivity (Wildman–Crippen MR) is 65.8 cm³/mol. The highest BCUT2D eigenvalue weighted by atomic mass is 31.2. The normalized spacial score (nSPS) is 29.1. The van der Waals surface area contributed by atoms with Gasteiger partial charge in [0.05, 0.1) is 37.9 Å². The Morgan fingerprint density at radius 2 is 2.17 bits per heavy atom. The zero-order valence-electron chi connectivity index (χ0n) is 11.0. The van der Waals surface area contributed by atoms with E-state index >= 15 is 0 Å². The molecule has 1 aliphatic heterocycles. The Morgan fingerprint density at radius 1 is 1.39 bits per heavy atom. The van der Waals surface area contributed by atoms with Gasteiger partial charge in [-0.3, -0.25) is 0 Å². The SMILES string of the molecule is CO[C@H]1C[C@H](C)O[C@@H]1COP(OC)OCCC#N. The van der Waals surface area contributed by atoms with Gasteiger partial charge in [-0.15, -0.1) is 0 Å². The monoisotopic (exact) mass is 277 g/mol. The Morgan fingerprint density at radius 3 is 2.78 bits per heavy atom. The molecule has 1 heterocycles. The van der Waals surface area contributed by atoms with Crippen molar-refractivity contribution in [1.29, 1.82) is 5.26 Å². The molecule has 0 saturated carbocycles. The van der Waals surface area contributed by atoms with Gasteiger partial charge >= 0.3 is 8.60 Å². The third-order valence-corrected chi connectivity index (χ3v) is 3.64. The van der Waals surface area contributed by atoms with E-state index in [9.17, 15) is 0 Å². The highest BCUT2D eigenvalue weighted by Crippen LogP contribution is 2.39. The van der Waals surface area contributed by atoms with Gasteiger partial charge in [0, 0.05) is 20.6 Å². The van der Waals surface area contributed by atoms with E-state index in [4.69, 9.17) is 28.3 Å². The van der Waals surface area contributed by atoms with Crippen LogP contribution in [-0.4, -0.2) is 45.7 Å². The predicted octanol–water partition coefficient (Wildman–Crippen LogP) is 2.00. The molecule has 104 valence electrons. The van der Waals surface area contributed by atoms with Crippen molar-refractivity contribution in [1.82, 2.24) is 0 Å². The number of methoxy groups -OCH3 is 1. The molecule has 6 nitrogen and oxygen atoms in total. The molecular formula is C11H20NO5P. The van der Waals surface area contributed by atoms with Crippen molar-refractivity contribution in [2.45, 2.75) is 38.1 Å². The molecule has 0 radical (unpaired) electrons. The van der Waals surface area contributed by atoms with Crippen LogP contribution in [0.1, 0.15) is 19.8 Å². The Labute approximate surface area is 109 Å². The van der Waals surface area contributed by atoms with Crippen molar-refractivity contribution in [3.05, 3.63) is 0 Å². The van der Waals surface area contributed by atoms with E-state index in [1.165, 1.54) is 7.11 Å². The van der Waals surface area contributed by atoms with E-state index in [1.54, 1.807) is 7.11 Å². The molecule has 18 heavy (non-hydrogen) atoms. The van der Waals surface area contributed by atoms with Gasteiger partial charge in [-0.25, -0.2) is 0 Å². The second-order valence-electron chi connectivity index (χ2n) is 3.94. The van der Waals surface area contributed by atoms with E-state index < -0.39 is 8.60 Å². The fourth-order valence-corrected chi connectivity index (χ4v) is 2.55. The van der Waals surface area contributed by atoms with E-state index in [2.05, 4.69) is 0 Å². The van der Waals surface area contributed by atoms with E-state index in [-0.39, 0.29) is 18.3 Å². The van der Waals surface area contributed by atoms with Crippen LogP contribution in [-0.2, 0) is 23.0 Å². The summed E-state index contributed by atoms with van der Waals surface area (Å²) < 4.78 is 26.9. The summed E-state index contributed by atoms with van der Waals surface area (Å²) in [6.07, 6.45) is 1.32. The molecule has 0 amide bonds. The zero-order valence-corrected chi connectivity index (χ0v) is 11.9. The number of nitrogens with zero attached hydrogens (tertiary/aromatic N) is 1. The van der Waals surface area contributed by atoms with Crippen LogP contribution >= 0.6 is 8.60 Å². The third-order valence-electron chi connectivity index (χ3n) is 2.59. The zero-order chi connectivity index (χ0) is 13.4. The summed E-state index contributed by atoms with van der Waals surface area (Å²) in [5.74, 6) is 0. The molecule has 0 bridgehead atoms. The smallest absolute Gasteiger partial charge is 0.332 e. The van der Waals surface area contributed by atoms with Crippen molar-refractivity contribution >= 4 is 8.60 Å². The molecule has 1 rings (SSSR count). The summed E-state index contributed by atoms with van der Waals surface area (Å²) in [7, 11) is 1.77. The minimum absolute atomic E-state index is 0.0489. The lowest BCUT2D eigenvalue weighted by atomic mass is 10.1. The molecule has 0 aromatic rings. The highest BCUT2D eigenvalue weighted by Gasteiger charge is 2.34. The average molecular weight is 277 g/mol. The molecule has 1 aliphatic rings. The molecule has 0 spiro atoms. The van der Waals surface area contributed by atoms with Gasteiger partial charge in [0.1, 0.15) is 6.10 Å². The molecular weight excluding hydrogens is 257 g/mol. The third kappa shape index (κ3) is 5.15. The van der Waals surface area contributed by atoms with Gasteiger partial charge < -0.3 is 23.0 Å². The second-order valence-corrected chi connectivity index (χ2v) is 5.27. The maximum atomic E-state index is 8.41. The minimum atomic E-state index is -1.41. The van der Waals surface area contributed by atoms with Crippen LogP contribution in [0.5, 0.6) is 0 Å². The van der Waals surface area contributed by atoms with Crippen LogP contribution in [0, 0.1) is 11.3 Å². The molecule has 1 fully saturated rings. The summed E-state index contributed by atoms with van der Waals surface area (Å²) in [6.45, 7) is 2.69. The topological polar surface area (TPSA) is 69.9 Å². The summed E-state index contributed by atoms with van der Waals surface area (Å²) in [5.41, 5.74) is 0. The lowest BCUT2D eigenvalue weighted by Crippen LogP contribution is -2.27. The van der Waals surface area contributed by atoms with Crippen LogP contribution in [0.25, 0.3) is 0 Å². The summed E-state index contributed by atoms with van der Waals surface area (Å²) >= 11 is 0. The maximum absolute atomic E-state index is 8.41. The van der Waals surface area contributed by atoms with Crippen LogP contribution in [0.15, 0.2) is 0 Å². The molecule has 0 aliphatic carbocycles. The van der Waals surface area contributed by atoms with Crippen molar-refractivity contribution in [3.8, 4) is 6.07 Å². The number of ether oxygens (including phenoxy) is 2. The number of nitriles is 1. The maximum Gasteiger partial charge on any atom is 0.332 e. The fourth-order valence-electron chi connectivity index (χ4n) is 1.76. The molecule has 1 saturated heterocycles.